The quantitative estimate of drug-likeness (QED) is 0.676. The van der Waals surface area contributed by atoms with Gasteiger partial charge in [-0.15, -0.1) is 0 Å². The number of carbonyl (C=O) groups is 1. The number of hydrogen-bond donors (Lipinski definition) is 1. The first kappa shape index (κ1) is 14.8. The van der Waals surface area contributed by atoms with Gasteiger partial charge in [-0.3, -0.25) is 4.79 Å². The zero-order valence-corrected chi connectivity index (χ0v) is 14.9. The summed E-state index contributed by atoms with van der Waals surface area (Å²) in [6, 6.07) is 11.5. The second kappa shape index (κ2) is 5.52. The molecule has 0 atom stereocenters. The van der Waals surface area contributed by atoms with E-state index in [9.17, 15) is 4.79 Å². The number of halogens is 1. The van der Waals surface area contributed by atoms with Crippen LogP contribution in [0.4, 0.5) is 0 Å². The fraction of sp³-hybridized carbons (Fsp3) is 0.211. The van der Waals surface area contributed by atoms with Gasteiger partial charge in [0, 0.05) is 46.2 Å². The van der Waals surface area contributed by atoms with Crippen LogP contribution in [0.15, 0.2) is 40.9 Å². The number of nitrogens with zero attached hydrogens (tertiary/aromatic N) is 1. The maximum Gasteiger partial charge on any atom is 0.254 e. The molecule has 0 saturated carbocycles. The zero-order chi connectivity index (χ0) is 17.0. The normalized spacial score (nSPS) is 15.5. The number of H-pyrrole nitrogens is 1. The first-order valence-corrected chi connectivity index (χ1v) is 8.97. The molecule has 1 amide bonds. The lowest BCUT2D eigenvalue weighted by molar-refractivity contribution is 0.0734. The van der Waals surface area contributed by atoms with Gasteiger partial charge >= 0.3 is 0 Å². The molecule has 0 bridgehead atoms. The van der Waals surface area contributed by atoms with Crippen LogP contribution in [0.3, 0.4) is 0 Å². The number of hydrogen-bond acceptors (Lipinski definition) is 3. The number of fused-ring (bicyclic) bond motifs is 4. The van der Waals surface area contributed by atoms with Gasteiger partial charge in [0.05, 0.1) is 5.52 Å². The van der Waals surface area contributed by atoms with E-state index < -0.39 is 0 Å². The third-order valence-electron chi connectivity index (χ3n) is 4.87. The molecule has 6 heteroatoms. The van der Waals surface area contributed by atoms with Crippen LogP contribution in [0, 0.1) is 0 Å². The van der Waals surface area contributed by atoms with Crippen LogP contribution in [-0.2, 0) is 13.0 Å². The van der Waals surface area contributed by atoms with Crippen LogP contribution in [0.25, 0.3) is 10.9 Å². The lowest BCUT2D eigenvalue weighted by Gasteiger charge is -2.27. The van der Waals surface area contributed by atoms with Gasteiger partial charge in [-0.1, -0.05) is 12.1 Å². The average molecular weight is 399 g/mol. The number of ether oxygens (including phenoxy) is 2. The minimum atomic E-state index is 0.0216. The highest BCUT2D eigenvalue weighted by molar-refractivity contribution is 9.10. The third kappa shape index (κ3) is 2.32. The van der Waals surface area contributed by atoms with E-state index in [0.29, 0.717) is 30.2 Å². The first-order chi connectivity index (χ1) is 12.2. The Morgan fingerprint density at radius 2 is 2.04 bits per heavy atom. The molecular formula is C19H15BrN2O3. The Bertz CT molecular complexity index is 1010. The highest BCUT2D eigenvalue weighted by Crippen LogP contribution is 2.35. The molecule has 0 aliphatic carbocycles. The fourth-order valence-electron chi connectivity index (χ4n) is 3.59. The van der Waals surface area contributed by atoms with Gasteiger partial charge in [0.2, 0.25) is 6.79 Å². The van der Waals surface area contributed by atoms with E-state index in [-0.39, 0.29) is 12.7 Å². The Hall–Kier alpha value is -2.47. The Morgan fingerprint density at radius 3 is 2.96 bits per heavy atom. The highest BCUT2D eigenvalue weighted by atomic mass is 79.9. The van der Waals surface area contributed by atoms with Gasteiger partial charge in [0.25, 0.3) is 5.91 Å². The largest absolute Gasteiger partial charge is 0.454 e. The highest BCUT2D eigenvalue weighted by Gasteiger charge is 2.26. The molecule has 5 nitrogen and oxygen atoms in total. The Kier molecular flexibility index (Phi) is 3.28. The number of amides is 1. The molecule has 1 aromatic heterocycles. The lowest BCUT2D eigenvalue weighted by Crippen LogP contribution is -2.35. The van der Waals surface area contributed by atoms with Crippen LogP contribution < -0.4 is 9.47 Å². The van der Waals surface area contributed by atoms with Crippen molar-refractivity contribution in [2.45, 2.75) is 13.0 Å². The summed E-state index contributed by atoms with van der Waals surface area (Å²) in [5.74, 6) is 1.35. The molecule has 3 aromatic rings. The van der Waals surface area contributed by atoms with E-state index in [0.717, 1.165) is 16.4 Å². The van der Waals surface area contributed by atoms with Gasteiger partial charge < -0.3 is 19.4 Å². The number of aromatic nitrogens is 1. The number of para-hydroxylation sites is 1. The van der Waals surface area contributed by atoms with Crippen LogP contribution in [-0.4, -0.2) is 29.1 Å². The van der Waals surface area contributed by atoms with Crippen molar-refractivity contribution in [1.82, 2.24) is 9.88 Å². The fourth-order valence-corrected chi connectivity index (χ4v) is 4.05. The number of nitrogens with one attached hydrogen (secondary N) is 1. The van der Waals surface area contributed by atoms with Crippen molar-refractivity contribution in [2.75, 3.05) is 13.3 Å². The van der Waals surface area contributed by atoms with Crippen molar-refractivity contribution in [3.63, 3.8) is 0 Å². The first-order valence-electron chi connectivity index (χ1n) is 8.17. The summed E-state index contributed by atoms with van der Waals surface area (Å²) in [5, 5.41) is 1.17. The summed E-state index contributed by atoms with van der Waals surface area (Å²) in [5.41, 5.74) is 4.16. The number of carbonyl (C=O) groups excluding carboxylic acids is 1. The minimum absolute atomic E-state index is 0.0216. The van der Waals surface area contributed by atoms with Crippen molar-refractivity contribution < 1.29 is 14.3 Å². The van der Waals surface area contributed by atoms with Crippen LogP contribution in [0.1, 0.15) is 21.6 Å². The SMILES string of the molecule is O=C(c1ccc2c(c1)OCO2)N1CCc2[nH]c3c(Br)cccc3c2C1. The van der Waals surface area contributed by atoms with E-state index in [1.807, 2.05) is 17.0 Å². The number of rotatable bonds is 1. The monoisotopic (exact) mass is 398 g/mol. The third-order valence-corrected chi connectivity index (χ3v) is 5.53. The summed E-state index contributed by atoms with van der Waals surface area (Å²) in [6.45, 7) is 1.52. The molecule has 2 aromatic carbocycles. The molecule has 3 heterocycles. The van der Waals surface area contributed by atoms with Gasteiger partial charge in [0.1, 0.15) is 0 Å². The van der Waals surface area contributed by atoms with E-state index in [2.05, 4.69) is 27.0 Å². The molecule has 0 fully saturated rings. The molecule has 2 aliphatic rings. The molecule has 0 spiro atoms. The summed E-state index contributed by atoms with van der Waals surface area (Å²) in [4.78, 5) is 18.3. The summed E-state index contributed by atoms with van der Waals surface area (Å²) in [6.07, 6.45) is 0.826. The average Bonchev–Trinajstić information content (AvgIpc) is 3.25. The predicted molar refractivity (Wildman–Crippen MR) is 97.0 cm³/mol. The molecule has 0 radical (unpaired) electrons. The van der Waals surface area contributed by atoms with Crippen molar-refractivity contribution in [2.24, 2.45) is 0 Å². The molecule has 0 saturated heterocycles. The maximum absolute atomic E-state index is 12.9. The zero-order valence-electron chi connectivity index (χ0n) is 13.3. The predicted octanol–water partition coefficient (Wildman–Crippen LogP) is 3.86. The van der Waals surface area contributed by atoms with Crippen LogP contribution in [0.2, 0.25) is 0 Å². The molecule has 0 unspecified atom stereocenters. The molecule has 5 rings (SSSR count). The molecule has 126 valence electrons. The van der Waals surface area contributed by atoms with E-state index in [1.54, 1.807) is 18.2 Å². The van der Waals surface area contributed by atoms with Gasteiger partial charge in [-0.05, 0) is 40.2 Å². The molecule has 2 aliphatic heterocycles. The number of benzene rings is 2. The van der Waals surface area contributed by atoms with Crippen molar-refractivity contribution in [3.05, 3.63) is 57.7 Å². The molecule has 1 N–H and O–H groups in total. The standard InChI is InChI=1S/C19H15BrN2O3/c20-14-3-1-2-12-13-9-22(7-6-15(13)21-18(12)14)19(23)11-4-5-16-17(8-11)25-10-24-16/h1-5,8,21H,6-7,9-10H2. The van der Waals surface area contributed by atoms with E-state index >= 15 is 0 Å². The summed E-state index contributed by atoms with van der Waals surface area (Å²) < 4.78 is 11.8. The van der Waals surface area contributed by atoms with Crippen molar-refractivity contribution in [1.29, 1.82) is 0 Å². The topological polar surface area (TPSA) is 54.6 Å². The second-order valence-corrected chi connectivity index (χ2v) is 7.14. The maximum atomic E-state index is 12.9. The Morgan fingerprint density at radius 1 is 1.16 bits per heavy atom. The Labute approximate surface area is 152 Å². The van der Waals surface area contributed by atoms with E-state index in [4.69, 9.17) is 9.47 Å². The van der Waals surface area contributed by atoms with Gasteiger partial charge in [0.15, 0.2) is 11.5 Å². The minimum Gasteiger partial charge on any atom is -0.454 e. The van der Waals surface area contributed by atoms with E-state index in [1.165, 1.54) is 16.6 Å². The van der Waals surface area contributed by atoms with Crippen molar-refractivity contribution in [3.8, 4) is 11.5 Å². The Balaban J connectivity index is 1.48. The molecule has 25 heavy (non-hydrogen) atoms. The summed E-state index contributed by atoms with van der Waals surface area (Å²) in [7, 11) is 0. The van der Waals surface area contributed by atoms with Gasteiger partial charge in [-0.25, -0.2) is 0 Å². The van der Waals surface area contributed by atoms with Gasteiger partial charge in [-0.2, -0.15) is 0 Å². The molecular weight excluding hydrogens is 384 g/mol. The number of aromatic amines is 1. The second-order valence-electron chi connectivity index (χ2n) is 6.29. The van der Waals surface area contributed by atoms with Crippen LogP contribution in [0.5, 0.6) is 11.5 Å². The lowest BCUT2D eigenvalue weighted by atomic mass is 10.0. The summed E-state index contributed by atoms with van der Waals surface area (Å²) >= 11 is 3.59. The smallest absolute Gasteiger partial charge is 0.254 e. The van der Waals surface area contributed by atoms with Crippen molar-refractivity contribution >= 4 is 32.7 Å². The van der Waals surface area contributed by atoms with Crippen LogP contribution >= 0.6 is 15.9 Å².